The first-order valence-corrected chi connectivity index (χ1v) is 14.0. The molecule has 4 aromatic carbocycles. The Balaban J connectivity index is 1.50. The van der Waals surface area contributed by atoms with Crippen molar-refractivity contribution in [1.82, 2.24) is 0 Å². The van der Waals surface area contributed by atoms with Crippen LogP contribution in [0.15, 0.2) is 97.1 Å². The number of fused-ring (bicyclic) bond motifs is 1. The van der Waals surface area contributed by atoms with Crippen LogP contribution in [0.2, 0.25) is 0 Å². The predicted molar refractivity (Wildman–Crippen MR) is 168 cm³/mol. The summed E-state index contributed by atoms with van der Waals surface area (Å²) in [6.07, 6.45) is 3.60. The minimum absolute atomic E-state index is 0.0258. The Morgan fingerprint density at radius 1 is 0.850 bits per heavy atom. The van der Waals surface area contributed by atoms with E-state index < -0.39 is 0 Å². The maximum atomic E-state index is 11.9. The topological polar surface area (TPSA) is 41.6 Å². The van der Waals surface area contributed by atoms with Gasteiger partial charge in [-0.15, -0.1) is 0 Å². The highest BCUT2D eigenvalue weighted by Gasteiger charge is 2.24. The number of anilines is 2. The molecule has 0 aromatic heterocycles. The molecule has 0 aliphatic heterocycles. The van der Waals surface area contributed by atoms with Gasteiger partial charge in [0, 0.05) is 42.5 Å². The third kappa shape index (κ3) is 5.96. The summed E-state index contributed by atoms with van der Waals surface area (Å²) in [5.74, 6) is -0.286. The number of esters is 1. The normalized spacial score (nSPS) is 16.8. The van der Waals surface area contributed by atoms with Crippen molar-refractivity contribution < 1.29 is 9.53 Å². The molecule has 0 amide bonds. The van der Waals surface area contributed by atoms with Gasteiger partial charge in [0.1, 0.15) is 6.10 Å². The zero-order chi connectivity index (χ0) is 28.2. The molecule has 0 saturated heterocycles. The van der Waals surface area contributed by atoms with Gasteiger partial charge in [0.25, 0.3) is 0 Å². The Hall–Kier alpha value is -4.31. The van der Waals surface area contributed by atoms with Crippen molar-refractivity contribution >= 4 is 40.3 Å². The van der Waals surface area contributed by atoms with Crippen LogP contribution in [0.4, 0.5) is 11.4 Å². The standard InChI is InChI=1S/C36H38N2O2/c1-24(2)36(39)40-30-20-16-28(17-21-30)37-34-23-22-33(31-8-6-7-9-32(31)34)35(26-12-10-25(3)11-13-26)27-14-18-29(19-15-27)38(4)5/h6-15,18-19,22-23,28,30,37H,1,3,16-17,20-21H2,2,4-5H3. The Morgan fingerprint density at radius 2 is 1.50 bits per heavy atom. The zero-order valence-electron chi connectivity index (χ0n) is 23.7. The van der Waals surface area contributed by atoms with E-state index >= 15 is 0 Å². The van der Waals surface area contributed by atoms with E-state index in [2.05, 4.69) is 122 Å². The van der Waals surface area contributed by atoms with Crippen LogP contribution in [0.3, 0.4) is 0 Å². The maximum Gasteiger partial charge on any atom is 0.333 e. The Bertz CT molecular complexity index is 1620. The largest absolute Gasteiger partial charge is 0.459 e. The third-order valence-electron chi connectivity index (χ3n) is 7.76. The van der Waals surface area contributed by atoms with Crippen LogP contribution < -0.4 is 20.7 Å². The van der Waals surface area contributed by atoms with Gasteiger partial charge in [-0.3, -0.25) is 0 Å². The van der Waals surface area contributed by atoms with Gasteiger partial charge >= 0.3 is 5.97 Å². The minimum atomic E-state index is -0.286. The molecule has 1 aliphatic carbocycles. The lowest BCUT2D eigenvalue weighted by atomic mass is 9.89. The van der Waals surface area contributed by atoms with E-state index in [4.69, 9.17) is 4.74 Å². The highest BCUT2D eigenvalue weighted by Crippen LogP contribution is 2.35. The summed E-state index contributed by atoms with van der Waals surface area (Å²) in [7, 11) is 4.13. The summed E-state index contributed by atoms with van der Waals surface area (Å²) in [4.78, 5) is 14.1. The molecular formula is C36H38N2O2. The van der Waals surface area contributed by atoms with Crippen LogP contribution in [0.5, 0.6) is 0 Å². The number of carbonyl (C=O) groups is 1. The lowest BCUT2D eigenvalue weighted by Gasteiger charge is -2.30. The summed E-state index contributed by atoms with van der Waals surface area (Å²) >= 11 is 0. The number of nitrogens with one attached hydrogen (secondary N) is 1. The van der Waals surface area contributed by atoms with Crippen LogP contribution in [-0.4, -0.2) is 32.2 Å². The van der Waals surface area contributed by atoms with E-state index in [0.29, 0.717) is 11.6 Å². The molecule has 4 aromatic rings. The smallest absolute Gasteiger partial charge is 0.333 e. The van der Waals surface area contributed by atoms with Crippen LogP contribution in [-0.2, 0) is 9.53 Å². The second kappa shape index (κ2) is 11.8. The molecule has 4 heteroatoms. The molecular weight excluding hydrogens is 492 g/mol. The predicted octanol–water partition coefficient (Wildman–Crippen LogP) is 6.41. The number of carbonyl (C=O) groups excluding carboxylic acids is 1. The molecule has 4 nitrogen and oxygen atoms in total. The van der Waals surface area contributed by atoms with Crippen LogP contribution in [0, 0.1) is 0 Å². The highest BCUT2D eigenvalue weighted by atomic mass is 16.5. The van der Waals surface area contributed by atoms with Crippen molar-refractivity contribution in [2.75, 3.05) is 24.3 Å². The van der Waals surface area contributed by atoms with Gasteiger partial charge in [0.05, 0.1) is 0 Å². The summed E-state index contributed by atoms with van der Waals surface area (Å²) in [6.45, 7) is 9.49. The first-order valence-electron chi connectivity index (χ1n) is 14.0. The van der Waals surface area contributed by atoms with E-state index in [1.54, 1.807) is 6.92 Å². The quantitative estimate of drug-likeness (QED) is 0.222. The van der Waals surface area contributed by atoms with E-state index in [-0.39, 0.29) is 12.1 Å². The number of nitrogens with zero attached hydrogens (tertiary/aromatic N) is 1. The lowest BCUT2D eigenvalue weighted by molar-refractivity contribution is -0.145. The van der Waals surface area contributed by atoms with Crippen LogP contribution >= 0.6 is 0 Å². The van der Waals surface area contributed by atoms with Gasteiger partial charge in [-0.05, 0) is 83.3 Å². The Morgan fingerprint density at radius 3 is 2.12 bits per heavy atom. The van der Waals surface area contributed by atoms with Gasteiger partial charge in [-0.1, -0.05) is 79.9 Å². The SMILES string of the molecule is C=C(C)C(=O)OC1CCC(Nc2ccc(C(c3ccc(N(C)C)cc3)=c3ccc(=C)cc3)c3ccccc23)CC1. The molecule has 0 unspecified atom stereocenters. The Labute approximate surface area is 237 Å². The number of rotatable bonds is 7. The fraction of sp³-hybridized carbons (Fsp3) is 0.250. The van der Waals surface area contributed by atoms with Crippen molar-refractivity contribution in [3.8, 4) is 0 Å². The van der Waals surface area contributed by atoms with Crippen molar-refractivity contribution in [3.05, 3.63) is 119 Å². The van der Waals surface area contributed by atoms with Gasteiger partial charge < -0.3 is 15.0 Å². The maximum absolute atomic E-state index is 11.9. The molecule has 0 atom stereocenters. The zero-order valence-corrected chi connectivity index (χ0v) is 23.7. The molecule has 0 radical (unpaired) electrons. The average molecular weight is 531 g/mol. The minimum Gasteiger partial charge on any atom is -0.459 e. The second-order valence-electron chi connectivity index (χ2n) is 11.0. The molecule has 204 valence electrons. The fourth-order valence-electron chi connectivity index (χ4n) is 5.52. The third-order valence-corrected chi connectivity index (χ3v) is 7.76. The summed E-state index contributed by atoms with van der Waals surface area (Å²) in [6, 6.07) is 30.7. The lowest BCUT2D eigenvalue weighted by Crippen LogP contribution is -2.31. The van der Waals surface area contributed by atoms with Gasteiger partial charge in [-0.2, -0.15) is 0 Å². The van der Waals surface area contributed by atoms with E-state index in [1.165, 1.54) is 38.4 Å². The van der Waals surface area contributed by atoms with Crippen LogP contribution in [0.25, 0.3) is 22.9 Å². The summed E-state index contributed by atoms with van der Waals surface area (Å²) < 4.78 is 5.60. The van der Waals surface area contributed by atoms with Crippen molar-refractivity contribution in [2.45, 2.75) is 44.8 Å². The molecule has 1 fully saturated rings. The monoisotopic (exact) mass is 530 g/mol. The van der Waals surface area contributed by atoms with Gasteiger partial charge in [0.15, 0.2) is 0 Å². The Kier molecular flexibility index (Phi) is 8.06. The van der Waals surface area contributed by atoms with Crippen LogP contribution in [0.1, 0.15) is 43.7 Å². The average Bonchev–Trinajstić information content (AvgIpc) is 2.96. The van der Waals surface area contributed by atoms with Crippen molar-refractivity contribution in [2.24, 2.45) is 0 Å². The molecule has 1 aliphatic rings. The van der Waals surface area contributed by atoms with E-state index in [1.807, 2.05) is 0 Å². The first-order chi connectivity index (χ1) is 19.3. The van der Waals surface area contributed by atoms with Crippen molar-refractivity contribution in [3.63, 3.8) is 0 Å². The molecule has 1 saturated carbocycles. The van der Waals surface area contributed by atoms with Crippen molar-refractivity contribution in [1.29, 1.82) is 0 Å². The first kappa shape index (κ1) is 27.3. The molecule has 5 rings (SSSR count). The highest BCUT2D eigenvalue weighted by molar-refractivity contribution is 6.03. The fourth-order valence-corrected chi connectivity index (χ4v) is 5.52. The number of benzene rings is 4. The molecule has 40 heavy (non-hydrogen) atoms. The summed E-state index contributed by atoms with van der Waals surface area (Å²) in [5, 5.41) is 8.39. The number of ether oxygens (including phenoxy) is 1. The second-order valence-corrected chi connectivity index (χ2v) is 11.0. The van der Waals surface area contributed by atoms with Gasteiger partial charge in [0.2, 0.25) is 0 Å². The molecule has 0 bridgehead atoms. The molecule has 0 heterocycles. The van der Waals surface area contributed by atoms with E-state index in [9.17, 15) is 4.79 Å². The molecule has 1 N–H and O–H groups in total. The summed E-state index contributed by atoms with van der Waals surface area (Å²) in [5.41, 5.74) is 6.34. The number of hydrogen-bond donors (Lipinski definition) is 1. The van der Waals surface area contributed by atoms with E-state index in [0.717, 1.165) is 36.6 Å². The molecule has 0 spiro atoms. The van der Waals surface area contributed by atoms with Gasteiger partial charge in [-0.25, -0.2) is 4.79 Å². The number of hydrogen-bond acceptors (Lipinski definition) is 4.